The number of aliphatic hydroxyl groups excluding tert-OH is 1. The zero-order chi connectivity index (χ0) is 16.2. The number of furan rings is 1. The molecule has 124 valence electrons. The van der Waals surface area contributed by atoms with Crippen molar-refractivity contribution in [1.29, 1.82) is 0 Å². The Balaban J connectivity index is 1.83. The van der Waals surface area contributed by atoms with Crippen molar-refractivity contribution in [2.24, 2.45) is 5.41 Å². The van der Waals surface area contributed by atoms with Gasteiger partial charge in [0.15, 0.2) is 0 Å². The maximum atomic E-state index is 12.4. The Bertz CT molecular complexity index is 461. The lowest BCUT2D eigenvalue weighted by Gasteiger charge is -2.27. The highest BCUT2D eigenvalue weighted by Crippen LogP contribution is 2.29. The first-order valence-electron chi connectivity index (χ1n) is 8.38. The summed E-state index contributed by atoms with van der Waals surface area (Å²) in [6, 6.07) is 3.71. The summed E-state index contributed by atoms with van der Waals surface area (Å²) in [4.78, 5) is 14.4. The van der Waals surface area contributed by atoms with Gasteiger partial charge < -0.3 is 14.4 Å². The van der Waals surface area contributed by atoms with Gasteiger partial charge in [0.1, 0.15) is 11.9 Å². The SMILES string of the molecule is CC(C)(C)CCCC(=O)N1CCCC1CC(O)c1ccco1. The van der Waals surface area contributed by atoms with Crippen LogP contribution in [0, 0.1) is 5.41 Å². The largest absolute Gasteiger partial charge is 0.467 e. The van der Waals surface area contributed by atoms with E-state index in [1.807, 2.05) is 4.90 Å². The van der Waals surface area contributed by atoms with Crippen molar-refractivity contribution >= 4 is 5.91 Å². The van der Waals surface area contributed by atoms with Gasteiger partial charge in [0.05, 0.1) is 6.26 Å². The monoisotopic (exact) mass is 307 g/mol. The first-order valence-corrected chi connectivity index (χ1v) is 8.38. The topological polar surface area (TPSA) is 53.7 Å². The molecule has 4 nitrogen and oxygen atoms in total. The Morgan fingerprint density at radius 3 is 2.91 bits per heavy atom. The third kappa shape index (κ3) is 4.87. The van der Waals surface area contributed by atoms with E-state index in [0.717, 1.165) is 32.2 Å². The van der Waals surface area contributed by atoms with E-state index in [9.17, 15) is 9.90 Å². The third-order valence-electron chi connectivity index (χ3n) is 4.38. The fourth-order valence-corrected chi connectivity index (χ4v) is 3.18. The van der Waals surface area contributed by atoms with Crippen molar-refractivity contribution in [2.75, 3.05) is 6.54 Å². The van der Waals surface area contributed by atoms with E-state index in [0.29, 0.717) is 18.6 Å². The van der Waals surface area contributed by atoms with Crippen LogP contribution in [0.5, 0.6) is 0 Å². The summed E-state index contributed by atoms with van der Waals surface area (Å²) in [5.74, 6) is 0.824. The number of hydrogen-bond acceptors (Lipinski definition) is 3. The Labute approximate surface area is 133 Å². The van der Waals surface area contributed by atoms with Crippen LogP contribution in [-0.4, -0.2) is 28.5 Å². The maximum Gasteiger partial charge on any atom is 0.222 e. The van der Waals surface area contributed by atoms with Crippen molar-refractivity contribution < 1.29 is 14.3 Å². The molecule has 4 heteroatoms. The molecule has 1 aliphatic rings. The minimum absolute atomic E-state index is 0.141. The van der Waals surface area contributed by atoms with Crippen molar-refractivity contribution in [3.63, 3.8) is 0 Å². The minimum Gasteiger partial charge on any atom is -0.467 e. The number of rotatable bonds is 6. The van der Waals surface area contributed by atoms with E-state index in [2.05, 4.69) is 20.8 Å². The van der Waals surface area contributed by atoms with Gasteiger partial charge in [-0.3, -0.25) is 4.79 Å². The highest BCUT2D eigenvalue weighted by molar-refractivity contribution is 5.76. The predicted molar refractivity (Wildman–Crippen MR) is 86.3 cm³/mol. The van der Waals surface area contributed by atoms with Crippen LogP contribution in [-0.2, 0) is 4.79 Å². The van der Waals surface area contributed by atoms with Gasteiger partial charge >= 0.3 is 0 Å². The molecule has 2 rings (SSSR count). The number of hydrogen-bond donors (Lipinski definition) is 1. The lowest BCUT2D eigenvalue weighted by atomic mass is 9.90. The van der Waals surface area contributed by atoms with Crippen molar-refractivity contribution in [2.45, 2.75) is 71.4 Å². The van der Waals surface area contributed by atoms with Crippen LogP contribution < -0.4 is 0 Å². The zero-order valence-electron chi connectivity index (χ0n) is 14.0. The summed E-state index contributed by atoms with van der Waals surface area (Å²) in [5.41, 5.74) is 0.278. The Morgan fingerprint density at radius 2 is 2.27 bits per heavy atom. The van der Waals surface area contributed by atoms with Gasteiger partial charge in [0.2, 0.25) is 5.91 Å². The molecule has 2 heterocycles. The molecule has 1 amide bonds. The van der Waals surface area contributed by atoms with Gasteiger partial charge in [-0.1, -0.05) is 20.8 Å². The number of nitrogens with zero attached hydrogens (tertiary/aromatic N) is 1. The lowest BCUT2D eigenvalue weighted by molar-refractivity contribution is -0.132. The van der Waals surface area contributed by atoms with Crippen molar-refractivity contribution in [1.82, 2.24) is 4.90 Å². The summed E-state index contributed by atoms with van der Waals surface area (Å²) < 4.78 is 5.25. The molecule has 0 aromatic carbocycles. The second-order valence-electron chi connectivity index (χ2n) is 7.56. The molecular weight excluding hydrogens is 278 g/mol. The highest BCUT2D eigenvalue weighted by atomic mass is 16.4. The summed E-state index contributed by atoms with van der Waals surface area (Å²) in [5, 5.41) is 10.2. The molecule has 22 heavy (non-hydrogen) atoms. The number of aliphatic hydroxyl groups is 1. The van der Waals surface area contributed by atoms with Crippen molar-refractivity contribution in [3.05, 3.63) is 24.2 Å². The molecule has 1 aromatic heterocycles. The van der Waals surface area contributed by atoms with Gasteiger partial charge in [0.25, 0.3) is 0 Å². The lowest BCUT2D eigenvalue weighted by Crippen LogP contribution is -2.36. The maximum absolute atomic E-state index is 12.4. The van der Waals surface area contributed by atoms with E-state index in [1.54, 1.807) is 18.4 Å². The van der Waals surface area contributed by atoms with Crippen LogP contribution in [0.25, 0.3) is 0 Å². The van der Waals surface area contributed by atoms with Gasteiger partial charge in [-0.25, -0.2) is 0 Å². The molecule has 0 aliphatic carbocycles. The van der Waals surface area contributed by atoms with Gasteiger partial charge in [0, 0.05) is 25.4 Å². The molecule has 2 unspecified atom stereocenters. The second kappa shape index (κ2) is 7.32. The quantitative estimate of drug-likeness (QED) is 0.867. The smallest absolute Gasteiger partial charge is 0.222 e. The van der Waals surface area contributed by atoms with Crippen LogP contribution in [0.2, 0.25) is 0 Å². The second-order valence-corrected chi connectivity index (χ2v) is 7.56. The molecule has 2 atom stereocenters. The summed E-state index contributed by atoms with van der Waals surface area (Å²) in [6.07, 6.45) is 6.14. The summed E-state index contributed by atoms with van der Waals surface area (Å²) >= 11 is 0. The molecule has 0 spiro atoms. The summed E-state index contributed by atoms with van der Waals surface area (Å²) in [6.45, 7) is 7.44. The van der Waals surface area contributed by atoms with E-state index in [4.69, 9.17) is 4.42 Å². The minimum atomic E-state index is -0.622. The average molecular weight is 307 g/mol. The Hall–Kier alpha value is -1.29. The molecule has 1 saturated heterocycles. The van der Waals surface area contributed by atoms with Crippen molar-refractivity contribution in [3.8, 4) is 0 Å². The van der Waals surface area contributed by atoms with E-state index < -0.39 is 6.10 Å². The first-order chi connectivity index (χ1) is 10.4. The number of likely N-dealkylation sites (tertiary alicyclic amines) is 1. The molecular formula is C18H29NO3. The highest BCUT2D eigenvalue weighted by Gasteiger charge is 2.31. The van der Waals surface area contributed by atoms with E-state index >= 15 is 0 Å². The van der Waals surface area contributed by atoms with Crippen LogP contribution in [0.1, 0.15) is 71.2 Å². The number of amides is 1. The van der Waals surface area contributed by atoms with Gasteiger partial charge in [-0.2, -0.15) is 0 Å². The molecule has 1 aliphatic heterocycles. The fourth-order valence-electron chi connectivity index (χ4n) is 3.18. The van der Waals surface area contributed by atoms with Gasteiger partial charge in [-0.05, 0) is 43.2 Å². The molecule has 1 N–H and O–H groups in total. The summed E-state index contributed by atoms with van der Waals surface area (Å²) in [7, 11) is 0. The zero-order valence-corrected chi connectivity index (χ0v) is 14.0. The normalized spacial score (nSPS) is 20.4. The third-order valence-corrected chi connectivity index (χ3v) is 4.38. The standard InChI is InChI=1S/C18H29NO3/c1-18(2,3)10-4-9-17(21)19-11-5-7-14(19)13-15(20)16-8-6-12-22-16/h6,8,12,14-15,20H,4-5,7,9-11,13H2,1-3H3. The van der Waals surface area contributed by atoms with Gasteiger partial charge in [-0.15, -0.1) is 0 Å². The molecule has 0 saturated carbocycles. The predicted octanol–water partition coefficient (Wildman–Crippen LogP) is 3.91. The van der Waals surface area contributed by atoms with E-state index in [-0.39, 0.29) is 17.4 Å². The molecule has 1 aromatic rings. The van der Waals surface area contributed by atoms with Crippen LogP contribution in [0.4, 0.5) is 0 Å². The van der Waals surface area contributed by atoms with E-state index in [1.165, 1.54) is 0 Å². The molecule has 1 fully saturated rings. The number of carbonyl (C=O) groups excluding carboxylic acids is 1. The van der Waals surface area contributed by atoms with Crippen LogP contribution in [0.15, 0.2) is 22.8 Å². The first kappa shape index (κ1) is 17.1. The average Bonchev–Trinajstić information content (AvgIpc) is 3.07. The Kier molecular flexibility index (Phi) is 5.68. The van der Waals surface area contributed by atoms with Crippen LogP contribution in [0.3, 0.4) is 0 Å². The molecule has 0 bridgehead atoms. The fraction of sp³-hybridized carbons (Fsp3) is 0.722. The Morgan fingerprint density at radius 1 is 1.50 bits per heavy atom. The number of carbonyl (C=O) groups is 1. The van der Waals surface area contributed by atoms with Crippen LogP contribution >= 0.6 is 0 Å². The molecule has 0 radical (unpaired) electrons.